The first-order valence-electron chi connectivity index (χ1n) is 4.90. The molecule has 0 bridgehead atoms. The summed E-state index contributed by atoms with van der Waals surface area (Å²) in [4.78, 5) is 0. The van der Waals surface area contributed by atoms with Crippen molar-refractivity contribution in [1.29, 1.82) is 0 Å². The zero-order valence-electron chi connectivity index (χ0n) is 8.42. The molecule has 78 valence electrons. The van der Waals surface area contributed by atoms with Gasteiger partial charge in [0.25, 0.3) is 0 Å². The SMILES string of the molecule is CCOCCCNc1ccc(Br)cc1. The summed E-state index contributed by atoms with van der Waals surface area (Å²) in [5.74, 6) is 0. The molecule has 2 nitrogen and oxygen atoms in total. The Labute approximate surface area is 93.8 Å². The molecule has 0 saturated carbocycles. The van der Waals surface area contributed by atoms with Gasteiger partial charge in [-0.1, -0.05) is 15.9 Å². The summed E-state index contributed by atoms with van der Waals surface area (Å²) in [5.41, 5.74) is 1.16. The molecule has 0 aliphatic rings. The second kappa shape index (κ2) is 6.85. The summed E-state index contributed by atoms with van der Waals surface area (Å²) in [7, 11) is 0. The van der Waals surface area contributed by atoms with Gasteiger partial charge in [-0.15, -0.1) is 0 Å². The van der Waals surface area contributed by atoms with Crippen LogP contribution in [0.1, 0.15) is 13.3 Å². The number of ether oxygens (including phenoxy) is 1. The summed E-state index contributed by atoms with van der Waals surface area (Å²) >= 11 is 3.40. The van der Waals surface area contributed by atoms with Gasteiger partial charge in [-0.05, 0) is 37.6 Å². The number of benzene rings is 1. The Morgan fingerprint density at radius 1 is 1.29 bits per heavy atom. The zero-order valence-corrected chi connectivity index (χ0v) is 10.0. The monoisotopic (exact) mass is 257 g/mol. The summed E-state index contributed by atoms with van der Waals surface area (Å²) in [6, 6.07) is 8.19. The molecule has 14 heavy (non-hydrogen) atoms. The fraction of sp³-hybridized carbons (Fsp3) is 0.455. The van der Waals surface area contributed by atoms with E-state index in [1.807, 2.05) is 19.1 Å². The predicted octanol–water partition coefficient (Wildman–Crippen LogP) is 3.29. The quantitative estimate of drug-likeness (QED) is 0.790. The molecule has 1 N–H and O–H groups in total. The number of anilines is 1. The van der Waals surface area contributed by atoms with Crippen LogP contribution in [0, 0.1) is 0 Å². The predicted molar refractivity (Wildman–Crippen MR) is 63.7 cm³/mol. The highest BCUT2D eigenvalue weighted by Crippen LogP contribution is 2.13. The van der Waals surface area contributed by atoms with Crippen molar-refractivity contribution >= 4 is 21.6 Å². The van der Waals surface area contributed by atoms with Gasteiger partial charge < -0.3 is 10.1 Å². The number of halogens is 1. The standard InChI is InChI=1S/C11H16BrNO/c1-2-14-9-3-8-13-11-6-4-10(12)5-7-11/h4-7,13H,2-3,8-9H2,1H3. The molecule has 0 amide bonds. The first kappa shape index (κ1) is 11.5. The molecular weight excluding hydrogens is 242 g/mol. The van der Waals surface area contributed by atoms with Crippen molar-refractivity contribution in [3.8, 4) is 0 Å². The second-order valence-electron chi connectivity index (χ2n) is 2.98. The molecule has 0 spiro atoms. The lowest BCUT2D eigenvalue weighted by atomic mass is 10.3. The van der Waals surface area contributed by atoms with E-state index in [0.717, 1.165) is 36.3 Å². The van der Waals surface area contributed by atoms with E-state index in [0.29, 0.717) is 0 Å². The highest BCUT2D eigenvalue weighted by atomic mass is 79.9. The molecular formula is C11H16BrNO. The molecule has 0 unspecified atom stereocenters. The molecule has 0 fully saturated rings. The molecule has 0 aliphatic carbocycles. The minimum atomic E-state index is 0.804. The van der Waals surface area contributed by atoms with Gasteiger partial charge in [0.1, 0.15) is 0 Å². The lowest BCUT2D eigenvalue weighted by Gasteiger charge is -2.06. The lowest BCUT2D eigenvalue weighted by molar-refractivity contribution is 0.147. The van der Waals surface area contributed by atoms with Crippen molar-refractivity contribution in [2.75, 3.05) is 25.1 Å². The first-order chi connectivity index (χ1) is 6.83. The van der Waals surface area contributed by atoms with Crippen LogP contribution in [0.3, 0.4) is 0 Å². The fourth-order valence-corrected chi connectivity index (χ4v) is 1.38. The molecule has 0 aliphatic heterocycles. The minimum Gasteiger partial charge on any atom is -0.385 e. The Kier molecular flexibility index (Phi) is 5.64. The lowest BCUT2D eigenvalue weighted by Crippen LogP contribution is -2.05. The van der Waals surface area contributed by atoms with Gasteiger partial charge in [-0.25, -0.2) is 0 Å². The Bertz CT molecular complexity index is 248. The van der Waals surface area contributed by atoms with E-state index in [-0.39, 0.29) is 0 Å². The van der Waals surface area contributed by atoms with Crippen molar-refractivity contribution in [3.05, 3.63) is 28.7 Å². The molecule has 1 aromatic rings. The first-order valence-corrected chi connectivity index (χ1v) is 5.69. The van der Waals surface area contributed by atoms with Gasteiger partial charge in [-0.3, -0.25) is 0 Å². The average molecular weight is 258 g/mol. The summed E-state index contributed by atoms with van der Waals surface area (Å²) in [5, 5.41) is 3.33. The van der Waals surface area contributed by atoms with Crippen molar-refractivity contribution in [2.24, 2.45) is 0 Å². The van der Waals surface area contributed by atoms with Gasteiger partial charge >= 0.3 is 0 Å². The van der Waals surface area contributed by atoms with Crippen molar-refractivity contribution in [3.63, 3.8) is 0 Å². The second-order valence-corrected chi connectivity index (χ2v) is 3.90. The van der Waals surface area contributed by atoms with Gasteiger partial charge in [0.05, 0.1) is 0 Å². The molecule has 0 aromatic heterocycles. The average Bonchev–Trinajstić information content (AvgIpc) is 2.21. The van der Waals surface area contributed by atoms with Gasteiger partial charge in [0.15, 0.2) is 0 Å². The van der Waals surface area contributed by atoms with Crippen LogP contribution in [0.15, 0.2) is 28.7 Å². The van der Waals surface area contributed by atoms with Gasteiger partial charge in [0, 0.05) is 29.9 Å². The van der Waals surface area contributed by atoms with Gasteiger partial charge in [-0.2, -0.15) is 0 Å². The van der Waals surface area contributed by atoms with Crippen LogP contribution in [0.2, 0.25) is 0 Å². The number of rotatable bonds is 6. The highest BCUT2D eigenvalue weighted by molar-refractivity contribution is 9.10. The Balaban J connectivity index is 2.15. The van der Waals surface area contributed by atoms with E-state index >= 15 is 0 Å². The highest BCUT2D eigenvalue weighted by Gasteiger charge is 1.91. The Morgan fingerprint density at radius 2 is 2.00 bits per heavy atom. The molecule has 0 radical (unpaired) electrons. The summed E-state index contributed by atoms with van der Waals surface area (Å²) in [6.45, 7) is 4.61. The Hall–Kier alpha value is -0.540. The van der Waals surface area contributed by atoms with Crippen LogP contribution < -0.4 is 5.32 Å². The maximum Gasteiger partial charge on any atom is 0.0482 e. The van der Waals surface area contributed by atoms with Crippen molar-refractivity contribution < 1.29 is 4.74 Å². The van der Waals surface area contributed by atoms with Crippen LogP contribution in [0.5, 0.6) is 0 Å². The molecule has 0 atom stereocenters. The van der Waals surface area contributed by atoms with Crippen LogP contribution in [0.25, 0.3) is 0 Å². The van der Waals surface area contributed by atoms with E-state index in [1.165, 1.54) is 0 Å². The summed E-state index contributed by atoms with van der Waals surface area (Å²) in [6.07, 6.45) is 1.05. The number of nitrogens with one attached hydrogen (secondary N) is 1. The maximum absolute atomic E-state index is 5.24. The van der Waals surface area contributed by atoms with Gasteiger partial charge in [0.2, 0.25) is 0 Å². The molecule has 1 rings (SSSR count). The molecule has 0 heterocycles. The van der Waals surface area contributed by atoms with Crippen LogP contribution >= 0.6 is 15.9 Å². The topological polar surface area (TPSA) is 21.3 Å². The smallest absolute Gasteiger partial charge is 0.0482 e. The third-order valence-electron chi connectivity index (χ3n) is 1.84. The molecule has 0 saturated heterocycles. The third kappa shape index (κ3) is 4.63. The number of hydrogen-bond acceptors (Lipinski definition) is 2. The van der Waals surface area contributed by atoms with E-state index in [9.17, 15) is 0 Å². The van der Waals surface area contributed by atoms with Crippen molar-refractivity contribution in [1.82, 2.24) is 0 Å². The van der Waals surface area contributed by atoms with E-state index in [1.54, 1.807) is 0 Å². The fourth-order valence-electron chi connectivity index (χ4n) is 1.12. The largest absolute Gasteiger partial charge is 0.385 e. The van der Waals surface area contributed by atoms with E-state index in [2.05, 4.69) is 33.4 Å². The number of hydrogen-bond donors (Lipinski definition) is 1. The third-order valence-corrected chi connectivity index (χ3v) is 2.37. The molecule has 3 heteroatoms. The normalized spacial score (nSPS) is 10.1. The van der Waals surface area contributed by atoms with E-state index < -0.39 is 0 Å². The van der Waals surface area contributed by atoms with Crippen LogP contribution in [0.4, 0.5) is 5.69 Å². The van der Waals surface area contributed by atoms with Crippen LogP contribution in [-0.2, 0) is 4.74 Å². The van der Waals surface area contributed by atoms with Crippen LogP contribution in [-0.4, -0.2) is 19.8 Å². The zero-order chi connectivity index (χ0) is 10.2. The Morgan fingerprint density at radius 3 is 2.64 bits per heavy atom. The summed E-state index contributed by atoms with van der Waals surface area (Å²) < 4.78 is 6.35. The van der Waals surface area contributed by atoms with Crippen molar-refractivity contribution in [2.45, 2.75) is 13.3 Å². The minimum absolute atomic E-state index is 0.804. The maximum atomic E-state index is 5.24. The van der Waals surface area contributed by atoms with E-state index in [4.69, 9.17) is 4.74 Å². The molecule has 1 aromatic carbocycles.